The van der Waals surface area contributed by atoms with Gasteiger partial charge in [-0.2, -0.15) is 0 Å². The molecule has 0 aromatic rings. The topological polar surface area (TPSA) is 38.0 Å². The highest BCUT2D eigenvalue weighted by molar-refractivity contribution is 5.29. The molecule has 1 aliphatic rings. The number of hydrogen-bond acceptors (Lipinski definition) is 2. The molecule has 1 rings (SSSR count). The highest BCUT2D eigenvalue weighted by Gasteiger charge is 2.02. The molecule has 3 N–H and O–H groups in total. The van der Waals surface area contributed by atoms with E-state index in [1.165, 1.54) is 11.1 Å². The first-order valence-electron chi connectivity index (χ1n) is 4.10. The van der Waals surface area contributed by atoms with E-state index in [1.54, 1.807) is 0 Å². The van der Waals surface area contributed by atoms with E-state index in [9.17, 15) is 0 Å². The third-order valence-corrected chi connectivity index (χ3v) is 1.90. The van der Waals surface area contributed by atoms with Crippen molar-refractivity contribution in [2.75, 3.05) is 20.1 Å². The van der Waals surface area contributed by atoms with Gasteiger partial charge in [-0.3, -0.25) is 0 Å². The summed E-state index contributed by atoms with van der Waals surface area (Å²) >= 11 is 0. The number of nitrogens with two attached hydrogens (primary N) is 1. The molecule has 0 spiro atoms. The van der Waals surface area contributed by atoms with Crippen molar-refractivity contribution in [1.82, 2.24) is 5.32 Å². The summed E-state index contributed by atoms with van der Waals surface area (Å²) < 4.78 is 0. The van der Waals surface area contributed by atoms with Crippen molar-refractivity contribution >= 4 is 0 Å². The molecule has 0 aromatic heterocycles. The van der Waals surface area contributed by atoms with Gasteiger partial charge in [-0.05, 0) is 25.5 Å². The van der Waals surface area contributed by atoms with Gasteiger partial charge in [0.15, 0.2) is 0 Å². The summed E-state index contributed by atoms with van der Waals surface area (Å²) in [5, 5.41) is 3.13. The lowest BCUT2D eigenvalue weighted by molar-refractivity contribution is 0.846. The molecule has 0 fully saturated rings. The van der Waals surface area contributed by atoms with Gasteiger partial charge in [0.25, 0.3) is 0 Å². The molecule has 0 amide bonds. The van der Waals surface area contributed by atoms with Crippen LogP contribution in [0.4, 0.5) is 0 Å². The number of likely N-dealkylation sites (N-methyl/N-ethyl adjacent to an activating group) is 1. The standard InChI is InChI=1S/C9H16N2/c1-11-7-9-4-2-3-8(5-9)6-10/h4-5,11H,2-3,6-7,10H2,1H3. The second-order valence-corrected chi connectivity index (χ2v) is 2.85. The molecule has 2 nitrogen and oxygen atoms in total. The van der Waals surface area contributed by atoms with Crippen molar-refractivity contribution in [3.05, 3.63) is 23.3 Å². The molecular formula is C9H16N2. The van der Waals surface area contributed by atoms with Crippen molar-refractivity contribution in [2.24, 2.45) is 5.73 Å². The normalized spacial score (nSPS) is 17.6. The van der Waals surface area contributed by atoms with E-state index in [-0.39, 0.29) is 0 Å². The average molecular weight is 152 g/mol. The minimum absolute atomic E-state index is 0.709. The summed E-state index contributed by atoms with van der Waals surface area (Å²) in [6.45, 7) is 1.67. The van der Waals surface area contributed by atoms with Gasteiger partial charge in [-0.25, -0.2) is 0 Å². The summed E-state index contributed by atoms with van der Waals surface area (Å²) in [7, 11) is 1.96. The van der Waals surface area contributed by atoms with Gasteiger partial charge in [0.1, 0.15) is 0 Å². The maximum atomic E-state index is 5.55. The van der Waals surface area contributed by atoms with Crippen molar-refractivity contribution in [3.8, 4) is 0 Å². The summed E-state index contributed by atoms with van der Waals surface area (Å²) in [6.07, 6.45) is 6.78. The molecule has 2 heteroatoms. The van der Waals surface area contributed by atoms with E-state index in [4.69, 9.17) is 5.73 Å². The molecule has 0 atom stereocenters. The summed E-state index contributed by atoms with van der Waals surface area (Å²) in [6, 6.07) is 0. The smallest absolute Gasteiger partial charge is 0.0199 e. The van der Waals surface area contributed by atoms with E-state index in [1.807, 2.05) is 7.05 Å². The zero-order chi connectivity index (χ0) is 8.10. The zero-order valence-electron chi connectivity index (χ0n) is 7.06. The molecule has 0 bridgehead atoms. The van der Waals surface area contributed by atoms with Crippen LogP contribution in [0.2, 0.25) is 0 Å². The third kappa shape index (κ3) is 2.48. The predicted octanol–water partition coefficient (Wildman–Crippen LogP) is 0.811. The first-order valence-corrected chi connectivity index (χ1v) is 4.10. The van der Waals surface area contributed by atoms with Crippen LogP contribution in [0.5, 0.6) is 0 Å². The Balaban J connectivity index is 2.53. The van der Waals surface area contributed by atoms with Gasteiger partial charge in [0.05, 0.1) is 0 Å². The van der Waals surface area contributed by atoms with E-state index in [0.717, 1.165) is 19.4 Å². The maximum absolute atomic E-state index is 5.55. The van der Waals surface area contributed by atoms with Crippen LogP contribution in [0.1, 0.15) is 12.8 Å². The van der Waals surface area contributed by atoms with Crippen molar-refractivity contribution < 1.29 is 0 Å². The van der Waals surface area contributed by atoms with E-state index >= 15 is 0 Å². The Labute approximate surface area is 68.2 Å². The minimum atomic E-state index is 0.709. The van der Waals surface area contributed by atoms with Gasteiger partial charge in [0.2, 0.25) is 0 Å². The highest BCUT2D eigenvalue weighted by Crippen LogP contribution is 2.15. The van der Waals surface area contributed by atoms with Gasteiger partial charge in [-0.1, -0.05) is 17.7 Å². The summed E-state index contributed by atoms with van der Waals surface area (Å²) in [4.78, 5) is 0. The van der Waals surface area contributed by atoms with E-state index in [0.29, 0.717) is 6.54 Å². The quantitative estimate of drug-likeness (QED) is 0.628. The fraction of sp³-hybridized carbons (Fsp3) is 0.556. The molecule has 1 aliphatic carbocycles. The van der Waals surface area contributed by atoms with E-state index in [2.05, 4.69) is 17.5 Å². The Bertz CT molecular complexity index is 180. The largest absolute Gasteiger partial charge is 0.327 e. The molecular weight excluding hydrogens is 136 g/mol. The number of nitrogens with one attached hydrogen (secondary N) is 1. The van der Waals surface area contributed by atoms with Gasteiger partial charge in [-0.15, -0.1) is 0 Å². The maximum Gasteiger partial charge on any atom is 0.0199 e. The van der Waals surface area contributed by atoms with Crippen LogP contribution < -0.4 is 11.1 Å². The molecule has 0 saturated heterocycles. The molecule has 0 radical (unpaired) electrons. The molecule has 62 valence electrons. The first-order chi connectivity index (χ1) is 5.36. The van der Waals surface area contributed by atoms with Crippen LogP contribution >= 0.6 is 0 Å². The fourth-order valence-corrected chi connectivity index (χ4v) is 1.32. The highest BCUT2D eigenvalue weighted by atomic mass is 14.8. The lowest BCUT2D eigenvalue weighted by Gasteiger charge is -2.11. The van der Waals surface area contributed by atoms with Gasteiger partial charge < -0.3 is 11.1 Å². The van der Waals surface area contributed by atoms with Gasteiger partial charge >= 0.3 is 0 Å². The molecule has 0 saturated carbocycles. The molecule has 0 unspecified atom stereocenters. The number of hydrogen-bond donors (Lipinski definition) is 2. The molecule has 11 heavy (non-hydrogen) atoms. The number of allylic oxidation sites excluding steroid dienone is 1. The Hall–Kier alpha value is -0.600. The zero-order valence-corrected chi connectivity index (χ0v) is 7.06. The summed E-state index contributed by atoms with van der Waals surface area (Å²) in [5.74, 6) is 0. The molecule has 0 heterocycles. The SMILES string of the molecule is CNCC1=CCCC(CN)=C1. The lowest BCUT2D eigenvalue weighted by Crippen LogP contribution is -2.13. The Morgan fingerprint density at radius 2 is 2.45 bits per heavy atom. The van der Waals surface area contributed by atoms with Crippen molar-refractivity contribution in [2.45, 2.75) is 12.8 Å². The van der Waals surface area contributed by atoms with Crippen molar-refractivity contribution in [3.63, 3.8) is 0 Å². The van der Waals surface area contributed by atoms with E-state index < -0.39 is 0 Å². The Morgan fingerprint density at radius 1 is 1.64 bits per heavy atom. The van der Waals surface area contributed by atoms with Crippen LogP contribution in [0, 0.1) is 0 Å². The summed E-state index contributed by atoms with van der Waals surface area (Å²) in [5.41, 5.74) is 8.29. The first kappa shape index (κ1) is 8.50. The average Bonchev–Trinajstić information content (AvgIpc) is 2.06. The fourth-order valence-electron chi connectivity index (χ4n) is 1.32. The minimum Gasteiger partial charge on any atom is -0.327 e. The Kier molecular flexibility index (Phi) is 3.33. The van der Waals surface area contributed by atoms with Crippen molar-refractivity contribution in [1.29, 1.82) is 0 Å². The second-order valence-electron chi connectivity index (χ2n) is 2.85. The predicted molar refractivity (Wildman–Crippen MR) is 48.4 cm³/mol. The second kappa shape index (κ2) is 4.31. The molecule has 0 aliphatic heterocycles. The van der Waals surface area contributed by atoms with Crippen LogP contribution in [-0.4, -0.2) is 20.1 Å². The van der Waals surface area contributed by atoms with Crippen LogP contribution in [0.25, 0.3) is 0 Å². The van der Waals surface area contributed by atoms with Gasteiger partial charge in [0, 0.05) is 13.1 Å². The Morgan fingerprint density at radius 3 is 3.09 bits per heavy atom. The van der Waals surface area contributed by atoms with Crippen LogP contribution in [-0.2, 0) is 0 Å². The van der Waals surface area contributed by atoms with Crippen LogP contribution in [0.15, 0.2) is 23.3 Å². The monoisotopic (exact) mass is 152 g/mol. The lowest BCUT2D eigenvalue weighted by atomic mass is 9.99. The molecule has 0 aromatic carbocycles. The third-order valence-electron chi connectivity index (χ3n) is 1.90. The van der Waals surface area contributed by atoms with Crippen LogP contribution in [0.3, 0.4) is 0 Å². The number of rotatable bonds is 3.